The highest BCUT2D eigenvalue weighted by Gasteiger charge is 2.30. The molecule has 0 bridgehead atoms. The van der Waals surface area contributed by atoms with Crippen LogP contribution in [0.1, 0.15) is 13.8 Å². The molecular formula is C10H19N3O4. The van der Waals surface area contributed by atoms with Gasteiger partial charge in [-0.3, -0.25) is 4.79 Å². The highest BCUT2D eigenvalue weighted by Crippen LogP contribution is 2.02. The van der Waals surface area contributed by atoms with E-state index in [2.05, 4.69) is 5.32 Å². The summed E-state index contributed by atoms with van der Waals surface area (Å²) in [7, 11) is 4.58. The Kier molecular flexibility index (Phi) is 4.93. The summed E-state index contributed by atoms with van der Waals surface area (Å²) in [5.41, 5.74) is -1.37. The van der Waals surface area contributed by atoms with Crippen LogP contribution in [0.15, 0.2) is 0 Å². The van der Waals surface area contributed by atoms with E-state index in [0.29, 0.717) is 0 Å². The first-order valence-electron chi connectivity index (χ1n) is 5.04. The molecule has 98 valence electrons. The van der Waals surface area contributed by atoms with Crippen molar-refractivity contribution in [1.82, 2.24) is 15.1 Å². The molecule has 0 unspecified atom stereocenters. The van der Waals surface area contributed by atoms with Crippen molar-refractivity contribution >= 4 is 17.9 Å². The number of hydrogen-bond acceptors (Lipinski definition) is 3. The SMILES string of the molecule is CN(C)C(=O)CN(C)C(=O)NC(C)(C)C(=O)O. The van der Waals surface area contributed by atoms with E-state index >= 15 is 0 Å². The summed E-state index contributed by atoms with van der Waals surface area (Å²) in [6, 6.07) is -0.604. The smallest absolute Gasteiger partial charge is 0.328 e. The van der Waals surface area contributed by atoms with Crippen molar-refractivity contribution in [3.63, 3.8) is 0 Å². The predicted octanol–water partition coefficient (Wildman–Crippen LogP) is -0.421. The maximum absolute atomic E-state index is 11.6. The van der Waals surface area contributed by atoms with Gasteiger partial charge in [-0.25, -0.2) is 9.59 Å². The lowest BCUT2D eigenvalue weighted by Crippen LogP contribution is -2.54. The third-order valence-corrected chi connectivity index (χ3v) is 2.17. The molecule has 0 aliphatic carbocycles. The van der Waals surface area contributed by atoms with E-state index < -0.39 is 17.5 Å². The Morgan fingerprint density at radius 2 is 1.65 bits per heavy atom. The number of amides is 3. The zero-order chi connectivity index (χ0) is 13.8. The number of carboxylic acids is 1. The van der Waals surface area contributed by atoms with Gasteiger partial charge >= 0.3 is 12.0 Å². The van der Waals surface area contributed by atoms with Gasteiger partial charge < -0.3 is 20.2 Å². The van der Waals surface area contributed by atoms with Crippen LogP contribution in [0, 0.1) is 0 Å². The molecule has 0 saturated carbocycles. The van der Waals surface area contributed by atoms with E-state index in [9.17, 15) is 14.4 Å². The summed E-state index contributed by atoms with van der Waals surface area (Å²) < 4.78 is 0. The van der Waals surface area contributed by atoms with Crippen LogP contribution in [0.5, 0.6) is 0 Å². The maximum atomic E-state index is 11.6. The summed E-state index contributed by atoms with van der Waals surface area (Å²) in [6.45, 7) is 2.64. The van der Waals surface area contributed by atoms with Crippen LogP contribution < -0.4 is 5.32 Å². The second-order valence-corrected chi connectivity index (χ2v) is 4.50. The molecule has 0 rings (SSSR count). The minimum Gasteiger partial charge on any atom is -0.480 e. The molecule has 7 nitrogen and oxygen atoms in total. The number of hydrogen-bond donors (Lipinski definition) is 2. The first-order chi connectivity index (χ1) is 7.58. The fourth-order valence-corrected chi connectivity index (χ4v) is 0.832. The van der Waals surface area contributed by atoms with Crippen LogP contribution in [-0.2, 0) is 9.59 Å². The summed E-state index contributed by atoms with van der Waals surface area (Å²) in [5, 5.41) is 11.2. The largest absolute Gasteiger partial charge is 0.480 e. The minimum atomic E-state index is -1.37. The number of carboxylic acid groups (broad SMARTS) is 1. The zero-order valence-electron chi connectivity index (χ0n) is 10.8. The topological polar surface area (TPSA) is 90.0 Å². The first-order valence-corrected chi connectivity index (χ1v) is 5.04. The standard InChI is InChI=1S/C10H19N3O4/c1-10(2,8(15)16)11-9(17)13(5)6-7(14)12(3)4/h6H2,1-5H3,(H,11,17)(H,15,16). The fourth-order valence-electron chi connectivity index (χ4n) is 0.832. The Morgan fingerprint density at radius 1 is 1.18 bits per heavy atom. The van der Waals surface area contributed by atoms with Crippen LogP contribution in [0.2, 0.25) is 0 Å². The van der Waals surface area contributed by atoms with Gasteiger partial charge in [0.2, 0.25) is 5.91 Å². The van der Waals surface area contributed by atoms with Crippen molar-refractivity contribution in [1.29, 1.82) is 0 Å². The number of nitrogens with zero attached hydrogens (tertiary/aromatic N) is 2. The lowest BCUT2D eigenvalue weighted by atomic mass is 10.1. The molecule has 7 heteroatoms. The number of rotatable bonds is 4. The molecule has 3 amide bonds. The monoisotopic (exact) mass is 245 g/mol. The normalized spacial score (nSPS) is 10.6. The van der Waals surface area contributed by atoms with Crippen molar-refractivity contribution in [2.75, 3.05) is 27.7 Å². The highest BCUT2D eigenvalue weighted by molar-refractivity contribution is 5.88. The van der Waals surface area contributed by atoms with E-state index in [4.69, 9.17) is 5.11 Å². The number of nitrogens with one attached hydrogen (secondary N) is 1. The summed E-state index contributed by atoms with van der Waals surface area (Å²) in [6.07, 6.45) is 0. The van der Waals surface area contributed by atoms with Crippen molar-refractivity contribution in [3.05, 3.63) is 0 Å². The van der Waals surface area contributed by atoms with Crippen molar-refractivity contribution in [2.24, 2.45) is 0 Å². The second-order valence-electron chi connectivity index (χ2n) is 4.50. The zero-order valence-corrected chi connectivity index (χ0v) is 10.8. The van der Waals surface area contributed by atoms with E-state index in [1.165, 1.54) is 25.8 Å². The number of urea groups is 1. The molecule has 2 N–H and O–H groups in total. The molecule has 17 heavy (non-hydrogen) atoms. The van der Waals surface area contributed by atoms with Crippen molar-refractivity contribution < 1.29 is 19.5 Å². The van der Waals surface area contributed by atoms with Gasteiger partial charge in [-0.15, -0.1) is 0 Å². The Labute approximate surface area is 100 Å². The lowest BCUT2D eigenvalue weighted by Gasteiger charge is -2.26. The molecule has 0 saturated heterocycles. The van der Waals surface area contributed by atoms with Crippen LogP contribution in [0.3, 0.4) is 0 Å². The number of carbonyl (C=O) groups excluding carboxylic acids is 2. The summed E-state index contributed by atoms with van der Waals surface area (Å²) >= 11 is 0. The van der Waals surface area contributed by atoms with Gasteiger partial charge in [-0.05, 0) is 13.8 Å². The van der Waals surface area contributed by atoms with E-state index in [0.717, 1.165) is 4.90 Å². The maximum Gasteiger partial charge on any atom is 0.328 e. The molecule has 0 aromatic carbocycles. The van der Waals surface area contributed by atoms with Crippen LogP contribution in [-0.4, -0.2) is 66.0 Å². The van der Waals surface area contributed by atoms with E-state index in [-0.39, 0.29) is 12.5 Å². The minimum absolute atomic E-state index is 0.103. The number of likely N-dealkylation sites (N-methyl/N-ethyl adjacent to an activating group) is 2. The first kappa shape index (κ1) is 15.2. The molecule has 0 atom stereocenters. The Bertz CT molecular complexity index is 326. The molecule has 0 aromatic heterocycles. The molecule has 0 aliphatic rings. The van der Waals surface area contributed by atoms with Crippen molar-refractivity contribution in [3.8, 4) is 0 Å². The van der Waals surface area contributed by atoms with Crippen molar-refractivity contribution in [2.45, 2.75) is 19.4 Å². The third kappa shape index (κ3) is 4.71. The van der Waals surface area contributed by atoms with Gasteiger partial charge in [0.15, 0.2) is 0 Å². The van der Waals surface area contributed by atoms with Gasteiger partial charge in [0.25, 0.3) is 0 Å². The second kappa shape index (κ2) is 5.51. The predicted molar refractivity (Wildman–Crippen MR) is 61.6 cm³/mol. The molecular weight excluding hydrogens is 226 g/mol. The van der Waals surface area contributed by atoms with Gasteiger partial charge in [0, 0.05) is 21.1 Å². The number of aliphatic carboxylic acids is 1. The Morgan fingerprint density at radius 3 is 2.00 bits per heavy atom. The van der Waals surface area contributed by atoms with Gasteiger partial charge in [-0.1, -0.05) is 0 Å². The molecule has 0 fully saturated rings. The lowest BCUT2D eigenvalue weighted by molar-refractivity contribution is -0.143. The summed E-state index contributed by atoms with van der Waals surface area (Å²) in [5.74, 6) is -1.38. The molecule has 0 aliphatic heterocycles. The molecule has 0 spiro atoms. The van der Waals surface area contributed by atoms with E-state index in [1.54, 1.807) is 14.1 Å². The third-order valence-electron chi connectivity index (χ3n) is 2.17. The Hall–Kier alpha value is -1.79. The highest BCUT2D eigenvalue weighted by atomic mass is 16.4. The molecule has 0 radical (unpaired) electrons. The van der Waals surface area contributed by atoms with Crippen LogP contribution >= 0.6 is 0 Å². The summed E-state index contributed by atoms with van der Waals surface area (Å²) in [4.78, 5) is 36.2. The average Bonchev–Trinajstić information content (AvgIpc) is 2.16. The van der Waals surface area contributed by atoms with Gasteiger partial charge in [0.05, 0.1) is 0 Å². The van der Waals surface area contributed by atoms with Crippen LogP contribution in [0.4, 0.5) is 4.79 Å². The average molecular weight is 245 g/mol. The van der Waals surface area contributed by atoms with Crippen LogP contribution in [0.25, 0.3) is 0 Å². The quantitative estimate of drug-likeness (QED) is 0.704. The van der Waals surface area contributed by atoms with Gasteiger partial charge in [0.1, 0.15) is 12.1 Å². The Balaban J connectivity index is 4.43. The number of carbonyl (C=O) groups is 3. The molecule has 0 aromatic rings. The fraction of sp³-hybridized carbons (Fsp3) is 0.700. The van der Waals surface area contributed by atoms with Gasteiger partial charge in [-0.2, -0.15) is 0 Å². The van der Waals surface area contributed by atoms with E-state index in [1.807, 2.05) is 0 Å². The molecule has 0 heterocycles.